The fourth-order valence-electron chi connectivity index (χ4n) is 1.92. The van der Waals surface area contributed by atoms with Crippen molar-refractivity contribution < 1.29 is 9.26 Å². The molecule has 1 atom stereocenters. The maximum absolute atomic E-state index is 5.90. The molecule has 0 bridgehead atoms. The van der Waals surface area contributed by atoms with E-state index in [1.165, 1.54) is 0 Å². The summed E-state index contributed by atoms with van der Waals surface area (Å²) < 4.78 is 10.9. The molecule has 0 aliphatic carbocycles. The number of benzene rings is 1. The zero-order valence-electron chi connectivity index (χ0n) is 11.3. The largest absolute Gasteiger partial charge is 0.398 e. The van der Waals surface area contributed by atoms with Crippen LogP contribution in [0.5, 0.6) is 0 Å². The van der Waals surface area contributed by atoms with Crippen molar-refractivity contribution in [3.63, 3.8) is 0 Å². The van der Waals surface area contributed by atoms with Crippen molar-refractivity contribution in [1.82, 2.24) is 10.1 Å². The SMILES string of the molecule is CCCC(OCC)c1noc(-c2ccccc2N)n1. The van der Waals surface area contributed by atoms with Gasteiger partial charge in [0.05, 0.1) is 5.56 Å². The van der Waals surface area contributed by atoms with E-state index in [1.807, 2.05) is 31.2 Å². The van der Waals surface area contributed by atoms with Gasteiger partial charge in [-0.05, 0) is 25.5 Å². The van der Waals surface area contributed by atoms with Crippen molar-refractivity contribution in [3.05, 3.63) is 30.1 Å². The molecule has 0 saturated carbocycles. The second-order valence-electron chi connectivity index (χ2n) is 4.28. The van der Waals surface area contributed by atoms with Crippen molar-refractivity contribution in [2.75, 3.05) is 12.3 Å². The van der Waals surface area contributed by atoms with Crippen LogP contribution in [-0.2, 0) is 4.74 Å². The minimum Gasteiger partial charge on any atom is -0.398 e. The van der Waals surface area contributed by atoms with Gasteiger partial charge < -0.3 is 15.0 Å². The Bertz CT molecular complexity index is 519. The van der Waals surface area contributed by atoms with Crippen LogP contribution in [0.4, 0.5) is 5.69 Å². The van der Waals surface area contributed by atoms with Crippen LogP contribution >= 0.6 is 0 Å². The molecule has 5 heteroatoms. The first-order chi connectivity index (χ1) is 9.26. The van der Waals surface area contributed by atoms with Crippen LogP contribution in [0.2, 0.25) is 0 Å². The Hall–Kier alpha value is -1.88. The number of nitrogen functional groups attached to an aromatic ring is 1. The molecule has 1 aromatic carbocycles. The zero-order valence-corrected chi connectivity index (χ0v) is 11.3. The van der Waals surface area contributed by atoms with Crippen molar-refractivity contribution in [2.24, 2.45) is 0 Å². The lowest BCUT2D eigenvalue weighted by Crippen LogP contribution is -2.06. The number of nitrogens with zero attached hydrogens (tertiary/aromatic N) is 2. The number of ether oxygens (including phenoxy) is 1. The highest BCUT2D eigenvalue weighted by atomic mass is 16.5. The summed E-state index contributed by atoms with van der Waals surface area (Å²) in [6, 6.07) is 7.44. The van der Waals surface area contributed by atoms with Crippen LogP contribution in [0.1, 0.15) is 38.6 Å². The smallest absolute Gasteiger partial charge is 0.260 e. The molecule has 1 unspecified atom stereocenters. The third kappa shape index (κ3) is 3.12. The fourth-order valence-corrected chi connectivity index (χ4v) is 1.92. The average molecular weight is 261 g/mol. The summed E-state index contributed by atoms with van der Waals surface area (Å²) in [5.74, 6) is 1.02. The zero-order chi connectivity index (χ0) is 13.7. The molecule has 0 fully saturated rings. The van der Waals surface area contributed by atoms with Gasteiger partial charge in [-0.15, -0.1) is 0 Å². The second-order valence-corrected chi connectivity index (χ2v) is 4.28. The predicted octanol–water partition coefficient (Wildman–Crippen LogP) is 3.20. The van der Waals surface area contributed by atoms with Crippen LogP contribution in [0.25, 0.3) is 11.5 Å². The molecule has 0 aliphatic rings. The van der Waals surface area contributed by atoms with E-state index in [0.717, 1.165) is 18.4 Å². The molecule has 19 heavy (non-hydrogen) atoms. The summed E-state index contributed by atoms with van der Waals surface area (Å²) in [5.41, 5.74) is 7.28. The average Bonchev–Trinajstić information content (AvgIpc) is 2.88. The molecule has 0 spiro atoms. The maximum Gasteiger partial charge on any atom is 0.260 e. The lowest BCUT2D eigenvalue weighted by Gasteiger charge is -2.11. The Morgan fingerprint density at radius 3 is 2.79 bits per heavy atom. The monoisotopic (exact) mass is 261 g/mol. The molecule has 2 rings (SSSR count). The van der Waals surface area contributed by atoms with E-state index in [-0.39, 0.29) is 6.10 Å². The second kappa shape index (κ2) is 6.33. The summed E-state index contributed by atoms with van der Waals surface area (Å²) in [6.45, 7) is 4.68. The highest BCUT2D eigenvalue weighted by molar-refractivity contribution is 5.69. The van der Waals surface area contributed by atoms with Gasteiger partial charge in [-0.3, -0.25) is 0 Å². The molecule has 5 nitrogen and oxygen atoms in total. The van der Waals surface area contributed by atoms with Gasteiger partial charge in [0.15, 0.2) is 0 Å². The van der Waals surface area contributed by atoms with E-state index in [2.05, 4.69) is 17.1 Å². The quantitative estimate of drug-likeness (QED) is 0.808. The Balaban J connectivity index is 2.25. The first-order valence-electron chi connectivity index (χ1n) is 6.56. The summed E-state index contributed by atoms with van der Waals surface area (Å²) in [4.78, 5) is 4.40. The third-order valence-corrected chi connectivity index (χ3v) is 2.84. The van der Waals surface area contributed by atoms with Crippen molar-refractivity contribution in [3.8, 4) is 11.5 Å². The van der Waals surface area contributed by atoms with E-state index >= 15 is 0 Å². The molecular formula is C14H19N3O2. The molecule has 0 radical (unpaired) electrons. The first kappa shape index (κ1) is 13.5. The van der Waals surface area contributed by atoms with Gasteiger partial charge in [0.1, 0.15) is 6.10 Å². The maximum atomic E-state index is 5.90. The Kier molecular flexibility index (Phi) is 4.52. The van der Waals surface area contributed by atoms with E-state index in [9.17, 15) is 0 Å². The minimum atomic E-state index is -0.113. The van der Waals surface area contributed by atoms with Crippen LogP contribution in [0.3, 0.4) is 0 Å². The van der Waals surface area contributed by atoms with Crippen LogP contribution in [-0.4, -0.2) is 16.7 Å². The molecule has 0 saturated heterocycles. The van der Waals surface area contributed by atoms with E-state index in [1.54, 1.807) is 0 Å². The van der Waals surface area contributed by atoms with Gasteiger partial charge in [-0.1, -0.05) is 30.6 Å². The fraction of sp³-hybridized carbons (Fsp3) is 0.429. The van der Waals surface area contributed by atoms with Gasteiger partial charge in [-0.25, -0.2) is 0 Å². The molecule has 0 aliphatic heterocycles. The summed E-state index contributed by atoms with van der Waals surface area (Å²) in [5, 5.41) is 4.00. The standard InChI is InChI=1S/C14H19N3O2/c1-3-7-12(18-4-2)13-16-14(19-17-13)10-8-5-6-9-11(10)15/h5-6,8-9,12H,3-4,7,15H2,1-2H3. The van der Waals surface area contributed by atoms with Gasteiger partial charge in [-0.2, -0.15) is 4.98 Å². The summed E-state index contributed by atoms with van der Waals surface area (Å²) in [6.07, 6.45) is 1.76. The number of anilines is 1. The van der Waals surface area contributed by atoms with Crippen LogP contribution in [0.15, 0.2) is 28.8 Å². The highest BCUT2D eigenvalue weighted by Gasteiger charge is 2.19. The molecule has 0 amide bonds. The third-order valence-electron chi connectivity index (χ3n) is 2.84. The molecular weight excluding hydrogens is 242 g/mol. The van der Waals surface area contributed by atoms with E-state index in [0.29, 0.717) is 24.0 Å². The number of nitrogens with two attached hydrogens (primary N) is 1. The topological polar surface area (TPSA) is 74.2 Å². The summed E-state index contributed by atoms with van der Waals surface area (Å²) >= 11 is 0. The van der Waals surface area contributed by atoms with Crippen LogP contribution in [0, 0.1) is 0 Å². The molecule has 2 aromatic rings. The molecule has 1 heterocycles. The van der Waals surface area contributed by atoms with Crippen LogP contribution < -0.4 is 5.73 Å². The number of para-hydroxylation sites is 1. The van der Waals surface area contributed by atoms with Gasteiger partial charge >= 0.3 is 0 Å². The molecule has 2 N–H and O–H groups in total. The number of hydrogen-bond acceptors (Lipinski definition) is 5. The van der Waals surface area contributed by atoms with Crippen molar-refractivity contribution >= 4 is 5.69 Å². The van der Waals surface area contributed by atoms with Gasteiger partial charge in [0.2, 0.25) is 5.82 Å². The Labute approximate surface area is 112 Å². The number of hydrogen-bond donors (Lipinski definition) is 1. The van der Waals surface area contributed by atoms with Crippen molar-refractivity contribution in [1.29, 1.82) is 0 Å². The lowest BCUT2D eigenvalue weighted by atomic mass is 10.2. The van der Waals surface area contributed by atoms with E-state index in [4.69, 9.17) is 15.0 Å². The Morgan fingerprint density at radius 2 is 2.11 bits per heavy atom. The van der Waals surface area contributed by atoms with Gasteiger partial charge in [0, 0.05) is 12.3 Å². The first-order valence-corrected chi connectivity index (χ1v) is 6.56. The minimum absolute atomic E-state index is 0.113. The highest BCUT2D eigenvalue weighted by Crippen LogP contribution is 2.27. The van der Waals surface area contributed by atoms with Crippen molar-refractivity contribution in [2.45, 2.75) is 32.8 Å². The number of aromatic nitrogens is 2. The summed E-state index contributed by atoms with van der Waals surface area (Å²) in [7, 11) is 0. The number of rotatable bonds is 6. The van der Waals surface area contributed by atoms with Gasteiger partial charge in [0.25, 0.3) is 5.89 Å². The lowest BCUT2D eigenvalue weighted by molar-refractivity contribution is 0.0478. The molecule has 1 aromatic heterocycles. The predicted molar refractivity (Wildman–Crippen MR) is 73.4 cm³/mol. The molecule has 102 valence electrons. The normalized spacial score (nSPS) is 12.5. The van der Waals surface area contributed by atoms with E-state index < -0.39 is 0 Å². The Morgan fingerprint density at radius 1 is 1.32 bits per heavy atom.